The monoisotopic (exact) mass is 303 g/mol. The summed E-state index contributed by atoms with van der Waals surface area (Å²) in [6.45, 7) is 4.22. The third kappa shape index (κ3) is 3.51. The lowest BCUT2D eigenvalue weighted by Crippen LogP contribution is -2.22. The van der Waals surface area contributed by atoms with Gasteiger partial charge in [0, 0.05) is 24.9 Å². The van der Waals surface area contributed by atoms with E-state index in [2.05, 4.69) is 17.2 Å². The molecular formula is C16H21N3O3. The highest BCUT2D eigenvalue weighted by Gasteiger charge is 2.17. The highest BCUT2D eigenvalue weighted by molar-refractivity contribution is 5.96. The van der Waals surface area contributed by atoms with E-state index in [1.807, 2.05) is 6.92 Å². The van der Waals surface area contributed by atoms with Gasteiger partial charge in [0.15, 0.2) is 0 Å². The molecule has 118 valence electrons. The highest BCUT2D eigenvalue weighted by atomic mass is 16.6. The molecule has 2 atom stereocenters. The molecule has 0 saturated carbocycles. The van der Waals surface area contributed by atoms with Gasteiger partial charge in [-0.05, 0) is 37.0 Å². The number of rotatable bonds is 7. The molecule has 6 nitrogen and oxygen atoms in total. The molecule has 6 heteroatoms. The quantitative estimate of drug-likeness (QED) is 0.605. The molecule has 0 spiro atoms. The summed E-state index contributed by atoms with van der Waals surface area (Å²) >= 11 is 0. The van der Waals surface area contributed by atoms with Crippen molar-refractivity contribution in [3.05, 3.63) is 40.6 Å². The Kier molecular flexibility index (Phi) is 5.27. The second-order valence-corrected chi connectivity index (χ2v) is 5.56. The van der Waals surface area contributed by atoms with Crippen LogP contribution in [0.2, 0.25) is 0 Å². The third-order valence-electron chi connectivity index (χ3n) is 3.79. The van der Waals surface area contributed by atoms with Crippen LogP contribution >= 0.6 is 0 Å². The molecule has 0 radical (unpaired) electrons. The zero-order valence-corrected chi connectivity index (χ0v) is 12.8. The fraction of sp³-hybridized carbons (Fsp3) is 0.438. The number of aromatic nitrogens is 1. The number of pyridine rings is 1. The largest absolute Gasteiger partial charge is 0.396 e. The topological polar surface area (TPSA) is 88.3 Å². The van der Waals surface area contributed by atoms with Crippen molar-refractivity contribution in [2.24, 2.45) is 5.92 Å². The maximum atomic E-state index is 11.1. The van der Waals surface area contributed by atoms with Gasteiger partial charge in [-0.2, -0.15) is 0 Å². The summed E-state index contributed by atoms with van der Waals surface area (Å²) in [5.41, 5.74) is 1.45. The first-order valence-electron chi connectivity index (χ1n) is 7.46. The van der Waals surface area contributed by atoms with Gasteiger partial charge in [0.25, 0.3) is 5.69 Å². The molecule has 0 aliphatic heterocycles. The minimum atomic E-state index is -0.390. The van der Waals surface area contributed by atoms with E-state index in [1.165, 1.54) is 6.07 Å². The number of non-ortho nitro benzene ring substituents is 1. The molecule has 0 saturated heterocycles. The number of aliphatic hydroxyl groups excluding tert-OH is 1. The van der Waals surface area contributed by atoms with Crippen LogP contribution in [-0.2, 0) is 0 Å². The van der Waals surface area contributed by atoms with Crippen LogP contribution in [0.3, 0.4) is 0 Å². The molecule has 2 rings (SSSR count). The van der Waals surface area contributed by atoms with Crippen LogP contribution < -0.4 is 5.32 Å². The van der Waals surface area contributed by atoms with Crippen molar-refractivity contribution in [3.63, 3.8) is 0 Å². The summed E-state index contributed by atoms with van der Waals surface area (Å²) in [5.74, 6) is 0.203. The molecule has 1 heterocycles. The van der Waals surface area contributed by atoms with Crippen molar-refractivity contribution < 1.29 is 10.0 Å². The van der Waals surface area contributed by atoms with E-state index in [1.54, 1.807) is 24.4 Å². The van der Waals surface area contributed by atoms with E-state index in [0.29, 0.717) is 10.9 Å². The van der Waals surface area contributed by atoms with Crippen molar-refractivity contribution in [1.82, 2.24) is 4.98 Å². The van der Waals surface area contributed by atoms with Gasteiger partial charge in [-0.15, -0.1) is 0 Å². The Labute approximate surface area is 129 Å². The van der Waals surface area contributed by atoms with Crippen LogP contribution in [0.1, 0.15) is 26.7 Å². The van der Waals surface area contributed by atoms with Gasteiger partial charge in [-0.25, -0.2) is 0 Å². The molecule has 1 aromatic carbocycles. The Morgan fingerprint density at radius 3 is 2.82 bits per heavy atom. The summed E-state index contributed by atoms with van der Waals surface area (Å²) in [4.78, 5) is 15.0. The van der Waals surface area contributed by atoms with Crippen LogP contribution in [0, 0.1) is 16.0 Å². The number of nitrogens with zero attached hydrogens (tertiary/aromatic N) is 2. The summed E-state index contributed by atoms with van der Waals surface area (Å²) in [7, 11) is 0. The van der Waals surface area contributed by atoms with Crippen molar-refractivity contribution in [2.45, 2.75) is 32.7 Å². The Bertz CT molecular complexity index is 660. The highest BCUT2D eigenvalue weighted by Crippen LogP contribution is 2.30. The van der Waals surface area contributed by atoms with Crippen molar-refractivity contribution in [1.29, 1.82) is 0 Å². The Morgan fingerprint density at radius 2 is 2.18 bits per heavy atom. The van der Waals surface area contributed by atoms with Gasteiger partial charge in [-0.1, -0.05) is 13.8 Å². The van der Waals surface area contributed by atoms with Gasteiger partial charge < -0.3 is 10.4 Å². The molecular weight excluding hydrogens is 282 g/mol. The van der Waals surface area contributed by atoms with Gasteiger partial charge in [-0.3, -0.25) is 15.1 Å². The average Bonchev–Trinajstić information content (AvgIpc) is 2.53. The lowest BCUT2D eigenvalue weighted by molar-refractivity contribution is -0.383. The van der Waals surface area contributed by atoms with Gasteiger partial charge >= 0.3 is 0 Å². The molecule has 0 aliphatic carbocycles. The predicted octanol–water partition coefficient (Wildman–Crippen LogP) is 3.35. The maximum Gasteiger partial charge on any atom is 0.278 e. The fourth-order valence-corrected chi connectivity index (χ4v) is 2.54. The molecule has 0 unspecified atom stereocenters. The first kappa shape index (κ1) is 16.2. The predicted molar refractivity (Wildman–Crippen MR) is 87.0 cm³/mol. The Morgan fingerprint density at radius 1 is 1.41 bits per heavy atom. The number of hydrogen-bond acceptors (Lipinski definition) is 5. The summed E-state index contributed by atoms with van der Waals surface area (Å²) < 4.78 is 0. The number of nitro benzene ring substituents is 1. The smallest absolute Gasteiger partial charge is 0.278 e. The molecule has 0 fully saturated rings. The zero-order chi connectivity index (χ0) is 16.1. The lowest BCUT2D eigenvalue weighted by atomic mass is 10.00. The molecule has 1 aromatic heterocycles. The number of benzene rings is 1. The summed E-state index contributed by atoms with van der Waals surface area (Å²) in [6.07, 6.45) is 3.36. The second-order valence-electron chi connectivity index (χ2n) is 5.56. The van der Waals surface area contributed by atoms with E-state index in [4.69, 9.17) is 0 Å². The number of anilines is 1. The number of fused-ring (bicyclic) bond motifs is 1. The first-order valence-corrected chi connectivity index (χ1v) is 7.46. The summed E-state index contributed by atoms with van der Waals surface area (Å²) in [6, 6.07) is 6.82. The molecule has 0 aliphatic rings. The van der Waals surface area contributed by atoms with E-state index in [9.17, 15) is 15.2 Å². The standard InChI is InChI=1S/C16H21N3O3/c1-3-12(9-11(2)10-20)18-14-6-7-15(19(21)22)13-5-4-8-17-16(13)14/h4-8,11-12,18,20H,3,9-10H2,1-2H3/t11-,12-/m1/s1. The lowest BCUT2D eigenvalue weighted by Gasteiger charge is -2.21. The molecule has 22 heavy (non-hydrogen) atoms. The van der Waals surface area contributed by atoms with Gasteiger partial charge in [0.2, 0.25) is 0 Å². The number of nitrogens with one attached hydrogen (secondary N) is 1. The van der Waals surface area contributed by atoms with Crippen LogP contribution in [-0.4, -0.2) is 27.7 Å². The Hall–Kier alpha value is -2.21. The Balaban J connectivity index is 2.35. The SMILES string of the molecule is CC[C@H](C[C@@H](C)CO)Nc1ccc([N+](=O)[O-])c2cccnc12. The minimum absolute atomic E-state index is 0.0606. The average molecular weight is 303 g/mol. The molecule has 0 bridgehead atoms. The van der Waals surface area contributed by atoms with Crippen molar-refractivity contribution >= 4 is 22.3 Å². The third-order valence-corrected chi connectivity index (χ3v) is 3.79. The maximum absolute atomic E-state index is 11.1. The van der Waals surface area contributed by atoms with E-state index >= 15 is 0 Å². The molecule has 0 amide bonds. The zero-order valence-electron chi connectivity index (χ0n) is 12.8. The van der Waals surface area contributed by atoms with E-state index in [-0.39, 0.29) is 29.2 Å². The minimum Gasteiger partial charge on any atom is -0.396 e. The second kappa shape index (κ2) is 7.17. The van der Waals surface area contributed by atoms with Gasteiger partial charge in [0.05, 0.1) is 16.0 Å². The van der Waals surface area contributed by atoms with Crippen LogP contribution in [0.15, 0.2) is 30.5 Å². The van der Waals surface area contributed by atoms with E-state index in [0.717, 1.165) is 18.5 Å². The summed E-state index contributed by atoms with van der Waals surface area (Å²) in [5, 5.41) is 24.3. The van der Waals surface area contributed by atoms with Crippen molar-refractivity contribution in [3.8, 4) is 0 Å². The molecule has 2 aromatic rings. The number of nitro groups is 1. The van der Waals surface area contributed by atoms with E-state index < -0.39 is 0 Å². The fourth-order valence-electron chi connectivity index (χ4n) is 2.54. The van der Waals surface area contributed by atoms with Crippen LogP contribution in [0.25, 0.3) is 10.9 Å². The van der Waals surface area contributed by atoms with Crippen molar-refractivity contribution in [2.75, 3.05) is 11.9 Å². The number of hydrogen-bond donors (Lipinski definition) is 2. The van der Waals surface area contributed by atoms with Crippen LogP contribution in [0.5, 0.6) is 0 Å². The normalized spacial score (nSPS) is 13.8. The molecule has 2 N–H and O–H groups in total. The van der Waals surface area contributed by atoms with Crippen LogP contribution in [0.4, 0.5) is 11.4 Å². The number of aliphatic hydroxyl groups is 1. The van der Waals surface area contributed by atoms with Gasteiger partial charge in [0.1, 0.15) is 5.52 Å². The first-order chi connectivity index (χ1) is 10.6.